The Labute approximate surface area is 111 Å². The summed E-state index contributed by atoms with van der Waals surface area (Å²) in [5, 5.41) is 3.71. The highest BCUT2D eigenvalue weighted by Gasteiger charge is 2.20. The number of rotatable bonds is 5. The second-order valence-corrected chi connectivity index (χ2v) is 5.50. The van der Waals surface area contributed by atoms with Crippen LogP contribution in [0.3, 0.4) is 0 Å². The summed E-state index contributed by atoms with van der Waals surface area (Å²) in [5.41, 5.74) is 2.61. The van der Waals surface area contributed by atoms with Gasteiger partial charge in [0, 0.05) is 19.7 Å². The molecule has 1 aromatic rings. The zero-order valence-corrected chi connectivity index (χ0v) is 11.6. The van der Waals surface area contributed by atoms with Crippen molar-refractivity contribution in [1.29, 1.82) is 0 Å². The monoisotopic (exact) mass is 247 g/mol. The van der Waals surface area contributed by atoms with Crippen LogP contribution in [0.25, 0.3) is 0 Å². The summed E-state index contributed by atoms with van der Waals surface area (Å²) in [6.07, 6.45) is 5.51. The summed E-state index contributed by atoms with van der Waals surface area (Å²) in [4.78, 5) is 0. The highest BCUT2D eigenvalue weighted by atomic mass is 16.5. The molecule has 100 valence electrons. The van der Waals surface area contributed by atoms with E-state index in [4.69, 9.17) is 4.74 Å². The van der Waals surface area contributed by atoms with Crippen LogP contribution in [0.1, 0.15) is 43.7 Å². The first-order valence-corrected chi connectivity index (χ1v) is 7.09. The minimum absolute atomic E-state index is 0.702. The molecule has 18 heavy (non-hydrogen) atoms. The van der Waals surface area contributed by atoms with E-state index in [1.54, 1.807) is 7.11 Å². The van der Waals surface area contributed by atoms with Crippen LogP contribution in [-0.2, 0) is 17.9 Å². The first-order valence-electron chi connectivity index (χ1n) is 7.09. The Balaban J connectivity index is 1.82. The van der Waals surface area contributed by atoms with Crippen LogP contribution in [0, 0.1) is 5.92 Å². The van der Waals surface area contributed by atoms with Gasteiger partial charge < -0.3 is 10.1 Å². The fraction of sp³-hybridized carbons (Fsp3) is 0.625. The average Bonchev–Trinajstić information content (AvgIpc) is 2.40. The molecule has 1 aliphatic rings. The van der Waals surface area contributed by atoms with Gasteiger partial charge in [-0.2, -0.15) is 0 Å². The third-order valence-electron chi connectivity index (χ3n) is 4.01. The third kappa shape index (κ3) is 3.82. The Bertz CT molecular complexity index is 347. The number of methoxy groups -OCH3 is 1. The zero-order valence-electron chi connectivity index (χ0n) is 11.6. The van der Waals surface area contributed by atoms with E-state index in [-0.39, 0.29) is 0 Å². The van der Waals surface area contributed by atoms with Crippen molar-refractivity contribution in [2.45, 2.75) is 51.8 Å². The van der Waals surface area contributed by atoms with Crippen molar-refractivity contribution in [2.24, 2.45) is 5.92 Å². The van der Waals surface area contributed by atoms with Gasteiger partial charge in [0.25, 0.3) is 0 Å². The molecule has 2 nitrogen and oxygen atoms in total. The maximum Gasteiger partial charge on any atom is 0.0713 e. The molecule has 2 atom stereocenters. The second kappa shape index (κ2) is 6.91. The summed E-state index contributed by atoms with van der Waals surface area (Å²) >= 11 is 0. The molecule has 0 bridgehead atoms. The highest BCUT2D eigenvalue weighted by molar-refractivity contribution is 5.22. The van der Waals surface area contributed by atoms with Gasteiger partial charge in [-0.05, 0) is 29.9 Å². The second-order valence-electron chi connectivity index (χ2n) is 5.50. The number of hydrogen-bond acceptors (Lipinski definition) is 2. The van der Waals surface area contributed by atoms with Gasteiger partial charge in [0.1, 0.15) is 0 Å². The van der Waals surface area contributed by atoms with Crippen molar-refractivity contribution in [3.8, 4) is 0 Å². The molecule has 1 N–H and O–H groups in total. The van der Waals surface area contributed by atoms with E-state index in [0.717, 1.165) is 12.5 Å². The normalized spacial score (nSPS) is 24.1. The molecule has 0 saturated heterocycles. The lowest BCUT2D eigenvalue weighted by Crippen LogP contribution is -2.36. The number of nitrogens with one attached hydrogen (secondary N) is 1. The first kappa shape index (κ1) is 13.6. The Kier molecular flexibility index (Phi) is 5.21. The smallest absolute Gasteiger partial charge is 0.0713 e. The van der Waals surface area contributed by atoms with Crippen LogP contribution in [0.5, 0.6) is 0 Å². The highest BCUT2D eigenvalue weighted by Crippen LogP contribution is 2.23. The molecule has 0 radical (unpaired) electrons. The molecule has 0 spiro atoms. The maximum atomic E-state index is 5.12. The number of benzene rings is 1. The van der Waals surface area contributed by atoms with Crippen molar-refractivity contribution in [1.82, 2.24) is 5.32 Å². The minimum atomic E-state index is 0.702. The molecule has 0 amide bonds. The van der Waals surface area contributed by atoms with E-state index >= 15 is 0 Å². The summed E-state index contributed by atoms with van der Waals surface area (Å²) in [5.74, 6) is 0.825. The van der Waals surface area contributed by atoms with E-state index in [9.17, 15) is 0 Å². The van der Waals surface area contributed by atoms with Gasteiger partial charge in [0.2, 0.25) is 0 Å². The van der Waals surface area contributed by atoms with Crippen molar-refractivity contribution in [3.63, 3.8) is 0 Å². The fourth-order valence-electron chi connectivity index (χ4n) is 2.79. The van der Waals surface area contributed by atoms with E-state index in [0.29, 0.717) is 12.6 Å². The Morgan fingerprint density at radius 1 is 1.11 bits per heavy atom. The van der Waals surface area contributed by atoms with Gasteiger partial charge in [-0.15, -0.1) is 0 Å². The van der Waals surface area contributed by atoms with Gasteiger partial charge >= 0.3 is 0 Å². The van der Waals surface area contributed by atoms with Gasteiger partial charge in [0.15, 0.2) is 0 Å². The predicted molar refractivity (Wildman–Crippen MR) is 75.4 cm³/mol. The van der Waals surface area contributed by atoms with Gasteiger partial charge in [-0.1, -0.05) is 44.0 Å². The summed E-state index contributed by atoms with van der Waals surface area (Å²) in [7, 11) is 1.74. The summed E-state index contributed by atoms with van der Waals surface area (Å²) in [6.45, 7) is 4.06. The molecule has 0 aromatic heterocycles. The molecule has 1 saturated carbocycles. The largest absolute Gasteiger partial charge is 0.380 e. The molecule has 1 aliphatic carbocycles. The molecule has 1 fully saturated rings. The average molecular weight is 247 g/mol. The van der Waals surface area contributed by atoms with E-state index in [2.05, 4.69) is 36.5 Å². The van der Waals surface area contributed by atoms with Crippen molar-refractivity contribution in [2.75, 3.05) is 7.11 Å². The van der Waals surface area contributed by atoms with Gasteiger partial charge in [0.05, 0.1) is 6.61 Å². The van der Waals surface area contributed by atoms with E-state index in [1.165, 1.54) is 36.8 Å². The minimum Gasteiger partial charge on any atom is -0.380 e. The SMILES string of the molecule is COCc1ccc(CNC2CCCCC2C)cc1. The van der Waals surface area contributed by atoms with Crippen molar-refractivity contribution < 1.29 is 4.74 Å². The van der Waals surface area contributed by atoms with Crippen molar-refractivity contribution in [3.05, 3.63) is 35.4 Å². The zero-order chi connectivity index (χ0) is 12.8. The molecular weight excluding hydrogens is 222 g/mol. The quantitative estimate of drug-likeness (QED) is 0.860. The lowest BCUT2D eigenvalue weighted by Gasteiger charge is -2.29. The lowest BCUT2D eigenvalue weighted by atomic mass is 9.86. The lowest BCUT2D eigenvalue weighted by molar-refractivity contribution is 0.185. The molecule has 1 aromatic carbocycles. The molecule has 2 rings (SSSR count). The summed E-state index contributed by atoms with van der Waals surface area (Å²) < 4.78 is 5.12. The van der Waals surface area contributed by atoms with E-state index in [1.807, 2.05) is 0 Å². The molecular formula is C16H25NO. The third-order valence-corrected chi connectivity index (χ3v) is 4.01. The Hall–Kier alpha value is -0.860. The van der Waals surface area contributed by atoms with Crippen LogP contribution in [0.4, 0.5) is 0 Å². The number of ether oxygens (including phenoxy) is 1. The van der Waals surface area contributed by atoms with E-state index < -0.39 is 0 Å². The van der Waals surface area contributed by atoms with Crippen LogP contribution in [-0.4, -0.2) is 13.2 Å². The fourth-order valence-corrected chi connectivity index (χ4v) is 2.79. The standard InChI is InChI=1S/C16H25NO/c1-13-5-3-4-6-16(13)17-11-14-7-9-15(10-8-14)12-18-2/h7-10,13,16-17H,3-6,11-12H2,1-2H3. The molecule has 2 unspecified atom stereocenters. The maximum absolute atomic E-state index is 5.12. The summed E-state index contributed by atoms with van der Waals surface area (Å²) in [6, 6.07) is 9.43. The Morgan fingerprint density at radius 3 is 2.44 bits per heavy atom. The molecule has 0 aliphatic heterocycles. The van der Waals surface area contributed by atoms with Crippen LogP contribution < -0.4 is 5.32 Å². The number of hydrogen-bond donors (Lipinski definition) is 1. The predicted octanol–water partition coefficient (Wildman–Crippen LogP) is 3.50. The Morgan fingerprint density at radius 2 is 1.78 bits per heavy atom. The molecule has 2 heteroatoms. The first-order chi connectivity index (χ1) is 8.79. The van der Waals surface area contributed by atoms with Gasteiger partial charge in [-0.25, -0.2) is 0 Å². The van der Waals surface area contributed by atoms with Crippen molar-refractivity contribution >= 4 is 0 Å². The van der Waals surface area contributed by atoms with Crippen LogP contribution >= 0.6 is 0 Å². The topological polar surface area (TPSA) is 21.3 Å². The van der Waals surface area contributed by atoms with Crippen LogP contribution in [0.2, 0.25) is 0 Å². The molecule has 0 heterocycles. The van der Waals surface area contributed by atoms with Gasteiger partial charge in [-0.3, -0.25) is 0 Å². The van der Waals surface area contributed by atoms with Crippen LogP contribution in [0.15, 0.2) is 24.3 Å².